The van der Waals surface area contributed by atoms with Gasteiger partial charge in [-0.05, 0) is 68.7 Å². The summed E-state index contributed by atoms with van der Waals surface area (Å²) < 4.78 is 23.7. The zero-order valence-corrected chi connectivity index (χ0v) is 14.6. The highest BCUT2D eigenvalue weighted by molar-refractivity contribution is 5.80. The van der Waals surface area contributed by atoms with Crippen LogP contribution < -0.4 is 14.8 Å². The molecule has 0 fully saturated rings. The Morgan fingerprint density at radius 1 is 1.08 bits per heavy atom. The summed E-state index contributed by atoms with van der Waals surface area (Å²) in [5.41, 5.74) is 1.20. The second-order valence-corrected chi connectivity index (χ2v) is 5.69. The number of aryl methyl sites for hydroxylation is 1. The zero-order chi connectivity index (χ0) is 18.1. The summed E-state index contributed by atoms with van der Waals surface area (Å²) in [6.07, 6.45) is 1.08. The third-order valence-corrected chi connectivity index (χ3v) is 3.67. The molecular weight excluding hydrogens is 321 g/mol. The Labute approximate surface area is 148 Å². The Bertz CT molecular complexity index is 656. The van der Waals surface area contributed by atoms with Gasteiger partial charge in [-0.15, -0.1) is 0 Å². The Balaban J connectivity index is 1.68. The van der Waals surface area contributed by atoms with Gasteiger partial charge < -0.3 is 14.8 Å². The normalized spacial score (nSPS) is 11.6. The number of amides is 1. The molecule has 0 saturated carbocycles. The van der Waals surface area contributed by atoms with Crippen LogP contribution in [0.1, 0.15) is 25.8 Å². The number of benzene rings is 2. The van der Waals surface area contributed by atoms with E-state index in [4.69, 9.17) is 9.47 Å². The van der Waals surface area contributed by atoms with E-state index in [-0.39, 0.29) is 11.7 Å². The molecule has 0 heterocycles. The maximum Gasteiger partial charge on any atom is 0.260 e. The lowest BCUT2D eigenvalue weighted by molar-refractivity contribution is -0.127. The van der Waals surface area contributed by atoms with Crippen molar-refractivity contribution in [2.45, 2.75) is 32.8 Å². The number of hydrogen-bond acceptors (Lipinski definition) is 3. The van der Waals surface area contributed by atoms with Gasteiger partial charge in [-0.1, -0.05) is 12.1 Å². The van der Waals surface area contributed by atoms with E-state index in [1.165, 1.54) is 29.8 Å². The minimum atomic E-state index is -0.629. The second-order valence-electron chi connectivity index (χ2n) is 5.69. The van der Waals surface area contributed by atoms with Gasteiger partial charge in [-0.3, -0.25) is 4.79 Å². The average molecular weight is 345 g/mol. The van der Waals surface area contributed by atoms with Gasteiger partial charge in [-0.25, -0.2) is 4.39 Å². The van der Waals surface area contributed by atoms with Gasteiger partial charge in [0.2, 0.25) is 0 Å². The molecule has 2 aromatic rings. The van der Waals surface area contributed by atoms with E-state index >= 15 is 0 Å². The molecule has 0 aliphatic rings. The third-order valence-electron chi connectivity index (χ3n) is 3.67. The first-order valence-corrected chi connectivity index (χ1v) is 8.50. The maximum atomic E-state index is 12.8. The first kappa shape index (κ1) is 18.8. The lowest BCUT2D eigenvalue weighted by atomic mass is 10.1. The fourth-order valence-corrected chi connectivity index (χ4v) is 2.34. The summed E-state index contributed by atoms with van der Waals surface area (Å²) in [7, 11) is 0. The molecule has 4 nitrogen and oxygen atoms in total. The highest BCUT2D eigenvalue weighted by Gasteiger charge is 2.13. The van der Waals surface area contributed by atoms with Gasteiger partial charge in [0.25, 0.3) is 5.91 Å². The number of halogens is 1. The van der Waals surface area contributed by atoms with Crippen LogP contribution in [0.5, 0.6) is 11.5 Å². The molecular formula is C20H24FNO3. The van der Waals surface area contributed by atoms with E-state index in [0.717, 1.165) is 18.6 Å². The van der Waals surface area contributed by atoms with Crippen molar-refractivity contribution < 1.29 is 18.7 Å². The average Bonchev–Trinajstić information content (AvgIpc) is 2.62. The van der Waals surface area contributed by atoms with Gasteiger partial charge in [0.05, 0.1) is 6.61 Å². The Morgan fingerprint density at radius 3 is 2.36 bits per heavy atom. The molecule has 0 bridgehead atoms. The van der Waals surface area contributed by atoms with Crippen LogP contribution >= 0.6 is 0 Å². The van der Waals surface area contributed by atoms with Crippen molar-refractivity contribution in [2.24, 2.45) is 0 Å². The first-order chi connectivity index (χ1) is 12.1. The summed E-state index contributed by atoms with van der Waals surface area (Å²) in [6, 6.07) is 13.6. The number of hydrogen-bond donors (Lipinski definition) is 1. The molecule has 5 heteroatoms. The van der Waals surface area contributed by atoms with Crippen LogP contribution in [0.3, 0.4) is 0 Å². The van der Waals surface area contributed by atoms with E-state index in [9.17, 15) is 9.18 Å². The van der Waals surface area contributed by atoms with E-state index in [0.29, 0.717) is 18.9 Å². The van der Waals surface area contributed by atoms with Crippen LogP contribution in [-0.4, -0.2) is 25.2 Å². The van der Waals surface area contributed by atoms with Gasteiger partial charge in [0.15, 0.2) is 6.10 Å². The van der Waals surface area contributed by atoms with E-state index < -0.39 is 6.10 Å². The fraction of sp³-hybridized carbons (Fsp3) is 0.350. The molecule has 0 aromatic heterocycles. The topological polar surface area (TPSA) is 47.6 Å². The SMILES string of the molecule is CCOc1ccc(CCCNC(=O)[C@H](C)Oc2ccc(F)cc2)cc1. The highest BCUT2D eigenvalue weighted by atomic mass is 19.1. The predicted molar refractivity (Wildman–Crippen MR) is 95.4 cm³/mol. The Morgan fingerprint density at radius 2 is 1.72 bits per heavy atom. The van der Waals surface area contributed by atoms with Gasteiger partial charge in [0, 0.05) is 6.54 Å². The lowest BCUT2D eigenvalue weighted by Crippen LogP contribution is -2.36. The first-order valence-electron chi connectivity index (χ1n) is 8.50. The number of ether oxygens (including phenoxy) is 2. The minimum Gasteiger partial charge on any atom is -0.494 e. The van der Waals surface area contributed by atoms with Crippen LogP contribution in [0.4, 0.5) is 4.39 Å². The van der Waals surface area contributed by atoms with Crippen molar-refractivity contribution in [3.05, 3.63) is 59.9 Å². The minimum absolute atomic E-state index is 0.184. The van der Waals surface area contributed by atoms with Crippen molar-refractivity contribution >= 4 is 5.91 Å². The van der Waals surface area contributed by atoms with Crippen LogP contribution in [-0.2, 0) is 11.2 Å². The van der Waals surface area contributed by atoms with Gasteiger partial charge in [-0.2, -0.15) is 0 Å². The molecule has 1 atom stereocenters. The summed E-state index contributed by atoms with van der Waals surface area (Å²) >= 11 is 0. The molecule has 134 valence electrons. The zero-order valence-electron chi connectivity index (χ0n) is 14.6. The van der Waals surface area contributed by atoms with Crippen molar-refractivity contribution in [2.75, 3.05) is 13.2 Å². The smallest absolute Gasteiger partial charge is 0.260 e. The third kappa shape index (κ3) is 6.45. The highest BCUT2D eigenvalue weighted by Crippen LogP contribution is 2.14. The van der Waals surface area contributed by atoms with Gasteiger partial charge >= 0.3 is 0 Å². The van der Waals surface area contributed by atoms with Crippen molar-refractivity contribution in [1.82, 2.24) is 5.32 Å². The molecule has 2 rings (SSSR count). The quantitative estimate of drug-likeness (QED) is 0.704. The Hall–Kier alpha value is -2.56. The van der Waals surface area contributed by atoms with E-state index in [1.54, 1.807) is 6.92 Å². The van der Waals surface area contributed by atoms with Crippen LogP contribution in [0.25, 0.3) is 0 Å². The van der Waals surface area contributed by atoms with E-state index in [1.807, 2.05) is 31.2 Å². The number of rotatable bonds is 9. The van der Waals surface area contributed by atoms with Gasteiger partial charge in [0.1, 0.15) is 17.3 Å². The molecule has 0 spiro atoms. The maximum absolute atomic E-state index is 12.8. The second kappa shape index (κ2) is 9.67. The van der Waals surface area contributed by atoms with Crippen molar-refractivity contribution in [1.29, 1.82) is 0 Å². The molecule has 0 unspecified atom stereocenters. The molecule has 2 aromatic carbocycles. The largest absolute Gasteiger partial charge is 0.494 e. The van der Waals surface area contributed by atoms with Crippen molar-refractivity contribution in [3.8, 4) is 11.5 Å². The summed E-state index contributed by atoms with van der Waals surface area (Å²) in [4.78, 5) is 12.0. The van der Waals surface area contributed by atoms with Crippen LogP contribution in [0.15, 0.2) is 48.5 Å². The summed E-state index contributed by atoms with van der Waals surface area (Å²) in [6.45, 7) is 4.86. The molecule has 1 amide bonds. The predicted octanol–water partition coefficient (Wildman–Crippen LogP) is 3.74. The molecule has 0 aliphatic heterocycles. The monoisotopic (exact) mass is 345 g/mol. The fourth-order valence-electron chi connectivity index (χ4n) is 2.34. The van der Waals surface area contributed by atoms with Crippen LogP contribution in [0.2, 0.25) is 0 Å². The molecule has 0 aliphatic carbocycles. The van der Waals surface area contributed by atoms with Crippen LogP contribution in [0, 0.1) is 5.82 Å². The number of nitrogens with one attached hydrogen (secondary N) is 1. The standard InChI is InChI=1S/C20H24FNO3/c1-3-24-18-10-6-16(7-11-18)5-4-14-22-20(23)15(2)25-19-12-8-17(21)9-13-19/h6-13,15H,3-5,14H2,1-2H3,(H,22,23)/t15-/m0/s1. The van der Waals surface area contributed by atoms with Crippen molar-refractivity contribution in [3.63, 3.8) is 0 Å². The number of carbonyl (C=O) groups excluding carboxylic acids is 1. The molecule has 0 saturated heterocycles. The Kier molecular flexibility index (Phi) is 7.26. The summed E-state index contributed by atoms with van der Waals surface area (Å²) in [5, 5.41) is 2.85. The lowest BCUT2D eigenvalue weighted by Gasteiger charge is -2.14. The number of carbonyl (C=O) groups is 1. The molecule has 25 heavy (non-hydrogen) atoms. The van der Waals surface area contributed by atoms with E-state index in [2.05, 4.69) is 5.32 Å². The summed E-state index contributed by atoms with van der Waals surface area (Å²) in [5.74, 6) is 0.819. The molecule has 0 radical (unpaired) electrons. The molecule has 1 N–H and O–H groups in total.